The first-order chi connectivity index (χ1) is 18.0. The molecule has 1 aromatic rings. The lowest BCUT2D eigenvalue weighted by Crippen LogP contribution is -2.51. The number of benzene rings is 1. The zero-order valence-electron chi connectivity index (χ0n) is 26.0. The van der Waals surface area contributed by atoms with E-state index in [9.17, 15) is 4.79 Å². The highest BCUT2D eigenvalue weighted by molar-refractivity contribution is 6.75. The quantitative estimate of drug-likeness (QED) is 0.111. The molecule has 0 unspecified atom stereocenters. The van der Waals surface area contributed by atoms with Gasteiger partial charge in [-0.3, -0.25) is 4.79 Å². The van der Waals surface area contributed by atoms with Gasteiger partial charge in [0.25, 0.3) is 0 Å². The van der Waals surface area contributed by atoms with Crippen LogP contribution in [-0.4, -0.2) is 39.7 Å². The van der Waals surface area contributed by atoms with E-state index in [4.69, 9.17) is 9.16 Å². The van der Waals surface area contributed by atoms with Gasteiger partial charge in [0.05, 0.1) is 6.61 Å². The Morgan fingerprint density at radius 3 is 2.03 bits per heavy atom. The van der Waals surface area contributed by atoms with Gasteiger partial charge in [-0.1, -0.05) is 90.4 Å². The molecule has 1 amide bonds. The summed E-state index contributed by atoms with van der Waals surface area (Å²) in [6, 6.07) is 7.05. The van der Waals surface area contributed by atoms with Gasteiger partial charge in [0.1, 0.15) is 11.5 Å². The molecule has 2 rings (SSSR count). The van der Waals surface area contributed by atoms with Gasteiger partial charge in [-0.05, 0) is 69.8 Å². The van der Waals surface area contributed by atoms with Crippen LogP contribution in [0, 0.1) is 0 Å². The minimum atomic E-state index is -1.63. The third-order valence-corrected chi connectivity index (χ3v) is 10.1. The minimum absolute atomic E-state index is 0.424. The lowest BCUT2D eigenvalue weighted by Gasteiger charge is -2.34. The van der Waals surface area contributed by atoms with E-state index in [-0.39, 0.29) is 0 Å². The van der Waals surface area contributed by atoms with Crippen LogP contribution in [0.1, 0.15) is 109 Å². The molecule has 0 aliphatic heterocycles. The number of aryl methyl sites for hydroxylation is 1. The Morgan fingerprint density at radius 1 is 0.842 bits per heavy atom. The van der Waals surface area contributed by atoms with Crippen LogP contribution >= 0.6 is 0 Å². The van der Waals surface area contributed by atoms with Crippen molar-refractivity contribution in [3.63, 3.8) is 0 Å². The zero-order valence-corrected chi connectivity index (χ0v) is 28.0. The largest absolute Gasteiger partial charge is 0.544 e. The fourth-order valence-electron chi connectivity index (χ4n) is 5.23. The zero-order chi connectivity index (χ0) is 28.0. The summed E-state index contributed by atoms with van der Waals surface area (Å²) in [6.45, 7) is 16.6. The first-order valence-corrected chi connectivity index (χ1v) is 22.6. The first-order valence-electron chi connectivity index (χ1n) is 15.8. The third-order valence-electron chi connectivity index (χ3n) is 7.21. The predicted molar refractivity (Wildman–Crippen MR) is 169 cm³/mol. The molecule has 0 radical (unpaired) electrons. The van der Waals surface area contributed by atoms with Crippen LogP contribution in [-0.2, 0) is 11.2 Å². The predicted octanol–water partition coefficient (Wildman–Crippen LogP) is 9.74. The molecular formula is C32H59NO3Si2. The molecule has 0 saturated heterocycles. The van der Waals surface area contributed by atoms with Crippen molar-refractivity contribution in [3.05, 3.63) is 23.8 Å². The van der Waals surface area contributed by atoms with E-state index in [1.807, 2.05) is 0 Å². The lowest BCUT2D eigenvalue weighted by atomic mass is 10.0. The van der Waals surface area contributed by atoms with E-state index < -0.39 is 16.6 Å². The molecule has 4 nitrogen and oxygen atoms in total. The van der Waals surface area contributed by atoms with Crippen LogP contribution in [0.4, 0.5) is 0 Å². The van der Waals surface area contributed by atoms with Crippen LogP contribution in [0.15, 0.2) is 18.2 Å². The van der Waals surface area contributed by atoms with Crippen molar-refractivity contribution in [1.29, 1.82) is 0 Å². The van der Waals surface area contributed by atoms with Crippen LogP contribution in [0.2, 0.25) is 39.3 Å². The molecule has 1 aromatic carbocycles. The Labute approximate surface area is 237 Å². The van der Waals surface area contributed by atoms with E-state index in [1.165, 1.54) is 82.6 Å². The summed E-state index contributed by atoms with van der Waals surface area (Å²) in [5.41, 5.74) is 1.33. The summed E-state index contributed by atoms with van der Waals surface area (Å²) in [7, 11) is -3.16. The van der Waals surface area contributed by atoms with Crippen molar-refractivity contribution in [2.24, 2.45) is 0 Å². The van der Waals surface area contributed by atoms with Crippen molar-refractivity contribution in [3.8, 4) is 11.5 Å². The van der Waals surface area contributed by atoms with E-state index in [0.717, 1.165) is 43.8 Å². The Bertz CT molecular complexity index is 812. The average Bonchev–Trinajstić information content (AvgIpc) is 3.64. The molecule has 0 atom stereocenters. The maximum Gasteiger partial charge on any atom is 0.242 e. The van der Waals surface area contributed by atoms with Crippen molar-refractivity contribution in [1.82, 2.24) is 4.57 Å². The first kappa shape index (κ1) is 32.9. The van der Waals surface area contributed by atoms with Crippen LogP contribution in [0.5, 0.6) is 11.5 Å². The molecule has 38 heavy (non-hydrogen) atoms. The molecule has 0 N–H and O–H groups in total. The second-order valence-electron chi connectivity index (χ2n) is 13.4. The molecule has 218 valence electrons. The second kappa shape index (κ2) is 16.7. The normalized spacial score (nSPS) is 14.0. The molecule has 0 bridgehead atoms. The van der Waals surface area contributed by atoms with Gasteiger partial charge in [-0.15, -0.1) is 0 Å². The molecule has 1 fully saturated rings. The van der Waals surface area contributed by atoms with E-state index in [2.05, 4.69) is 69.0 Å². The number of amides is 1. The van der Waals surface area contributed by atoms with Crippen LogP contribution < -0.4 is 9.16 Å². The van der Waals surface area contributed by atoms with E-state index >= 15 is 0 Å². The molecule has 1 saturated carbocycles. The van der Waals surface area contributed by atoms with Gasteiger partial charge in [-0.25, -0.2) is 0 Å². The summed E-state index contributed by atoms with van der Waals surface area (Å²) >= 11 is 0. The number of nitrogens with zero attached hydrogens (tertiary/aromatic N) is 1. The maximum atomic E-state index is 12.7. The Kier molecular flexibility index (Phi) is 14.5. The summed E-state index contributed by atoms with van der Waals surface area (Å²) in [6.07, 6.45) is 19.1. The highest BCUT2D eigenvalue weighted by atomic mass is 28.4. The molecule has 1 aliphatic rings. The highest BCUT2D eigenvalue weighted by Crippen LogP contribution is 2.32. The van der Waals surface area contributed by atoms with Crippen molar-refractivity contribution < 1.29 is 14.0 Å². The lowest BCUT2D eigenvalue weighted by molar-refractivity contribution is -0.127. The number of hydrogen-bond donors (Lipinski definition) is 0. The molecule has 6 heteroatoms. The second-order valence-corrected chi connectivity index (χ2v) is 22.6. The van der Waals surface area contributed by atoms with Gasteiger partial charge >= 0.3 is 0 Å². The number of carbonyl (C=O) groups is 1. The summed E-state index contributed by atoms with van der Waals surface area (Å²) in [5.74, 6) is 2.41. The summed E-state index contributed by atoms with van der Waals surface area (Å²) in [5, 5.41) is 0. The van der Waals surface area contributed by atoms with Crippen molar-refractivity contribution >= 4 is 22.5 Å². The summed E-state index contributed by atoms with van der Waals surface area (Å²) in [4.78, 5) is 12.7. The Balaban J connectivity index is 1.60. The number of carbonyl (C=O) groups excluding carboxylic acids is 1. The highest BCUT2D eigenvalue weighted by Gasteiger charge is 2.39. The number of rotatable bonds is 21. The van der Waals surface area contributed by atoms with Gasteiger partial charge < -0.3 is 13.7 Å². The summed E-state index contributed by atoms with van der Waals surface area (Å²) < 4.78 is 14.8. The van der Waals surface area contributed by atoms with Crippen LogP contribution in [0.3, 0.4) is 0 Å². The van der Waals surface area contributed by atoms with Crippen molar-refractivity contribution in [2.75, 3.05) is 6.61 Å². The minimum Gasteiger partial charge on any atom is -0.544 e. The standard InChI is InChI=1S/C32H59NO3Si2/c1-8-9-10-17-20-28-22-25-30(36-38(5,6)7)27-31(28)35-26-19-16-14-12-11-13-15-18-21-32(34)33(29-23-24-29)37(2,3)4/h22,25,27,29H,8-21,23-24,26H2,1-7H3. The monoisotopic (exact) mass is 561 g/mol. The molecule has 0 spiro atoms. The topological polar surface area (TPSA) is 38.8 Å². The number of unbranched alkanes of at least 4 members (excludes halogenated alkanes) is 10. The fraction of sp³-hybridized carbons (Fsp3) is 0.781. The SMILES string of the molecule is CCCCCCc1ccc(O[Si](C)(C)C)cc1OCCCCCCCCCCC(=O)N(C1CC1)[Si](C)(C)C. The molecular weight excluding hydrogens is 503 g/mol. The third kappa shape index (κ3) is 13.7. The molecule has 0 heterocycles. The van der Waals surface area contributed by atoms with Crippen molar-refractivity contribution in [2.45, 2.75) is 155 Å². The fourth-order valence-corrected chi connectivity index (χ4v) is 8.28. The average molecular weight is 562 g/mol. The van der Waals surface area contributed by atoms with Gasteiger partial charge in [0.2, 0.25) is 14.2 Å². The van der Waals surface area contributed by atoms with E-state index in [0.29, 0.717) is 11.9 Å². The number of ether oxygens (including phenoxy) is 1. The smallest absolute Gasteiger partial charge is 0.242 e. The Morgan fingerprint density at radius 2 is 1.45 bits per heavy atom. The van der Waals surface area contributed by atoms with E-state index in [1.54, 1.807) is 0 Å². The van der Waals surface area contributed by atoms with Gasteiger partial charge in [-0.2, -0.15) is 0 Å². The van der Waals surface area contributed by atoms with Gasteiger partial charge in [0.15, 0.2) is 8.24 Å². The number of hydrogen-bond acceptors (Lipinski definition) is 3. The molecule has 1 aliphatic carbocycles. The van der Waals surface area contributed by atoms with Gasteiger partial charge in [0, 0.05) is 18.5 Å². The Hall–Kier alpha value is -1.28. The van der Waals surface area contributed by atoms with Crippen LogP contribution in [0.25, 0.3) is 0 Å². The maximum absolute atomic E-state index is 12.7. The molecule has 0 aromatic heterocycles.